The molecule has 0 aliphatic rings. The topological polar surface area (TPSA) is 58.2 Å². The number of carbonyl (C=O) groups is 2. The second-order valence-corrected chi connectivity index (χ2v) is 7.69. The van der Waals surface area contributed by atoms with Gasteiger partial charge in [-0.1, -0.05) is 17.7 Å². The number of benzene rings is 2. The maximum absolute atomic E-state index is 13.2. The lowest BCUT2D eigenvalue weighted by molar-refractivity contribution is -0.121. The number of hydrogen-bond acceptors (Lipinski definition) is 3. The summed E-state index contributed by atoms with van der Waals surface area (Å²) in [6.45, 7) is 5.08. The Morgan fingerprint density at radius 2 is 1.77 bits per heavy atom. The molecule has 2 aromatic rings. The van der Waals surface area contributed by atoms with Crippen molar-refractivity contribution in [2.75, 3.05) is 5.32 Å². The van der Waals surface area contributed by atoms with Crippen LogP contribution in [-0.4, -0.2) is 17.1 Å². The Labute approximate surface area is 161 Å². The standard InChI is InChI=1S/C19H20ClFN2O2S/c1-11(14-4-9-18(21)17(20)10-14)22-19(25)12(2)26-16-7-5-15(6-8-16)23-13(3)24/h4-12H,1-3H3,(H,22,25)(H,23,24). The monoisotopic (exact) mass is 394 g/mol. The number of thioether (sulfide) groups is 1. The molecule has 2 N–H and O–H groups in total. The van der Waals surface area contributed by atoms with E-state index >= 15 is 0 Å². The van der Waals surface area contributed by atoms with E-state index in [0.29, 0.717) is 5.69 Å². The van der Waals surface area contributed by atoms with E-state index in [1.807, 2.05) is 26.0 Å². The molecule has 0 heterocycles. The number of amides is 2. The Balaban J connectivity index is 1.94. The van der Waals surface area contributed by atoms with Crippen LogP contribution in [0.4, 0.5) is 10.1 Å². The minimum Gasteiger partial charge on any atom is -0.349 e. The van der Waals surface area contributed by atoms with Gasteiger partial charge in [0.05, 0.1) is 16.3 Å². The van der Waals surface area contributed by atoms with Gasteiger partial charge >= 0.3 is 0 Å². The zero-order valence-electron chi connectivity index (χ0n) is 14.7. The molecule has 0 aliphatic carbocycles. The fourth-order valence-electron chi connectivity index (χ4n) is 2.27. The summed E-state index contributed by atoms with van der Waals surface area (Å²) in [5.74, 6) is -0.748. The quantitative estimate of drug-likeness (QED) is 0.692. The predicted molar refractivity (Wildman–Crippen MR) is 104 cm³/mol. The average molecular weight is 395 g/mol. The summed E-state index contributed by atoms with van der Waals surface area (Å²) in [4.78, 5) is 24.3. The van der Waals surface area contributed by atoms with E-state index in [2.05, 4.69) is 10.6 Å². The van der Waals surface area contributed by atoms with E-state index in [-0.39, 0.29) is 28.1 Å². The first-order valence-electron chi connectivity index (χ1n) is 8.06. The molecule has 4 nitrogen and oxygen atoms in total. The molecule has 0 fully saturated rings. The molecule has 0 spiro atoms. The molecule has 0 saturated heterocycles. The van der Waals surface area contributed by atoms with Gasteiger partial charge < -0.3 is 10.6 Å². The molecule has 0 radical (unpaired) electrons. The highest BCUT2D eigenvalue weighted by molar-refractivity contribution is 8.00. The van der Waals surface area contributed by atoms with Crippen molar-refractivity contribution >= 4 is 40.9 Å². The third-order valence-electron chi connectivity index (χ3n) is 3.66. The van der Waals surface area contributed by atoms with E-state index in [9.17, 15) is 14.0 Å². The number of hydrogen-bond donors (Lipinski definition) is 2. The first kappa shape index (κ1) is 20.3. The molecule has 0 saturated carbocycles. The van der Waals surface area contributed by atoms with E-state index in [1.165, 1.54) is 30.8 Å². The van der Waals surface area contributed by atoms with Crippen LogP contribution in [0.5, 0.6) is 0 Å². The zero-order chi connectivity index (χ0) is 19.3. The van der Waals surface area contributed by atoms with Crippen LogP contribution in [-0.2, 0) is 9.59 Å². The fourth-order valence-corrected chi connectivity index (χ4v) is 3.34. The molecular weight excluding hydrogens is 375 g/mol. The van der Waals surface area contributed by atoms with E-state index < -0.39 is 5.82 Å². The molecule has 26 heavy (non-hydrogen) atoms. The van der Waals surface area contributed by atoms with Crippen LogP contribution < -0.4 is 10.6 Å². The lowest BCUT2D eigenvalue weighted by Gasteiger charge is -2.18. The van der Waals surface area contributed by atoms with Gasteiger partial charge in [0.15, 0.2) is 0 Å². The van der Waals surface area contributed by atoms with Crippen LogP contribution in [0, 0.1) is 5.82 Å². The van der Waals surface area contributed by atoms with Crippen molar-refractivity contribution in [1.29, 1.82) is 0 Å². The van der Waals surface area contributed by atoms with Crippen molar-refractivity contribution in [2.45, 2.75) is 37.0 Å². The van der Waals surface area contributed by atoms with Crippen LogP contribution in [0.1, 0.15) is 32.4 Å². The number of nitrogens with one attached hydrogen (secondary N) is 2. The van der Waals surface area contributed by atoms with Crippen molar-refractivity contribution in [3.05, 3.63) is 58.9 Å². The van der Waals surface area contributed by atoms with Gasteiger partial charge in [0.2, 0.25) is 11.8 Å². The molecule has 0 aliphatic heterocycles. The molecule has 2 amide bonds. The number of halogens is 2. The number of rotatable bonds is 6. The Bertz CT molecular complexity index is 799. The van der Waals surface area contributed by atoms with Gasteiger partial charge in [-0.2, -0.15) is 0 Å². The van der Waals surface area contributed by atoms with Crippen molar-refractivity contribution in [3.8, 4) is 0 Å². The van der Waals surface area contributed by atoms with Gasteiger partial charge in [-0.05, 0) is 55.8 Å². The van der Waals surface area contributed by atoms with Gasteiger partial charge in [-0.15, -0.1) is 11.8 Å². The van der Waals surface area contributed by atoms with Crippen LogP contribution in [0.3, 0.4) is 0 Å². The summed E-state index contributed by atoms with van der Waals surface area (Å²) in [5, 5.41) is 5.31. The van der Waals surface area contributed by atoms with E-state index in [4.69, 9.17) is 11.6 Å². The highest BCUT2D eigenvalue weighted by Crippen LogP contribution is 2.26. The molecule has 7 heteroatoms. The number of carbonyl (C=O) groups excluding carboxylic acids is 2. The Morgan fingerprint density at radius 1 is 1.12 bits per heavy atom. The normalized spacial score (nSPS) is 13.0. The van der Waals surface area contributed by atoms with Gasteiger partial charge in [0.1, 0.15) is 5.82 Å². The van der Waals surface area contributed by atoms with Crippen molar-refractivity contribution in [1.82, 2.24) is 5.32 Å². The van der Waals surface area contributed by atoms with Crippen LogP contribution in [0.25, 0.3) is 0 Å². The molecule has 2 unspecified atom stereocenters. The average Bonchev–Trinajstić information content (AvgIpc) is 2.58. The molecule has 0 aromatic heterocycles. The zero-order valence-corrected chi connectivity index (χ0v) is 16.2. The summed E-state index contributed by atoms with van der Waals surface area (Å²) in [5.41, 5.74) is 1.45. The van der Waals surface area contributed by atoms with Gasteiger partial charge in [-0.25, -0.2) is 4.39 Å². The molecular formula is C19H20ClFN2O2S. The largest absolute Gasteiger partial charge is 0.349 e. The van der Waals surface area contributed by atoms with Crippen LogP contribution in [0.15, 0.2) is 47.4 Å². The lowest BCUT2D eigenvalue weighted by Crippen LogP contribution is -2.33. The Morgan fingerprint density at radius 3 is 2.35 bits per heavy atom. The molecule has 138 valence electrons. The van der Waals surface area contributed by atoms with Gasteiger partial charge in [-0.3, -0.25) is 9.59 Å². The lowest BCUT2D eigenvalue weighted by atomic mass is 10.1. The molecule has 2 atom stereocenters. The van der Waals surface area contributed by atoms with E-state index in [0.717, 1.165) is 10.5 Å². The minimum absolute atomic E-state index is 0.0327. The second kappa shape index (κ2) is 9.05. The minimum atomic E-state index is -0.486. The smallest absolute Gasteiger partial charge is 0.233 e. The molecule has 0 bridgehead atoms. The maximum Gasteiger partial charge on any atom is 0.233 e. The van der Waals surface area contributed by atoms with Crippen LogP contribution in [0.2, 0.25) is 5.02 Å². The third kappa shape index (κ3) is 5.75. The van der Waals surface area contributed by atoms with Gasteiger partial charge in [0, 0.05) is 17.5 Å². The van der Waals surface area contributed by atoms with E-state index in [1.54, 1.807) is 18.2 Å². The van der Waals surface area contributed by atoms with Crippen molar-refractivity contribution < 1.29 is 14.0 Å². The van der Waals surface area contributed by atoms with Crippen molar-refractivity contribution in [2.24, 2.45) is 0 Å². The predicted octanol–water partition coefficient (Wildman–Crippen LogP) is 4.80. The third-order valence-corrected chi connectivity index (χ3v) is 5.06. The van der Waals surface area contributed by atoms with Crippen LogP contribution >= 0.6 is 23.4 Å². The highest BCUT2D eigenvalue weighted by Gasteiger charge is 2.18. The fraction of sp³-hybridized carbons (Fsp3) is 0.263. The molecule has 2 aromatic carbocycles. The SMILES string of the molecule is CC(=O)Nc1ccc(SC(C)C(=O)NC(C)c2ccc(F)c(Cl)c2)cc1. The first-order valence-corrected chi connectivity index (χ1v) is 9.31. The summed E-state index contributed by atoms with van der Waals surface area (Å²) in [7, 11) is 0. The Hall–Kier alpha value is -2.05. The summed E-state index contributed by atoms with van der Waals surface area (Å²) in [6.07, 6.45) is 0. The maximum atomic E-state index is 13.2. The summed E-state index contributed by atoms with van der Waals surface area (Å²) < 4.78 is 13.2. The second-order valence-electron chi connectivity index (χ2n) is 5.87. The van der Waals surface area contributed by atoms with Crippen molar-refractivity contribution in [3.63, 3.8) is 0 Å². The Kier molecular flexibility index (Phi) is 7.06. The highest BCUT2D eigenvalue weighted by atomic mass is 35.5. The van der Waals surface area contributed by atoms with Gasteiger partial charge in [0.25, 0.3) is 0 Å². The summed E-state index contributed by atoms with van der Waals surface area (Å²) in [6, 6.07) is 11.4. The first-order chi connectivity index (χ1) is 12.3. The number of anilines is 1. The summed E-state index contributed by atoms with van der Waals surface area (Å²) >= 11 is 7.20. The molecule has 2 rings (SSSR count).